The highest BCUT2D eigenvalue weighted by atomic mass is 16.5. The monoisotopic (exact) mass is 486 g/mol. The van der Waals surface area contributed by atoms with Gasteiger partial charge in [0.2, 0.25) is 5.91 Å². The quantitative estimate of drug-likeness (QED) is 0.453. The first-order valence-electron chi connectivity index (χ1n) is 12.0. The number of amides is 2. The van der Waals surface area contributed by atoms with Gasteiger partial charge in [-0.25, -0.2) is 4.79 Å². The zero-order chi connectivity index (χ0) is 25.7. The van der Waals surface area contributed by atoms with Gasteiger partial charge in [-0.3, -0.25) is 9.59 Å². The Bertz CT molecular complexity index is 1200. The number of hydrogen-bond donors (Lipinski definition) is 2. The number of benzene rings is 3. The van der Waals surface area contributed by atoms with E-state index in [1.165, 1.54) is 0 Å². The van der Waals surface area contributed by atoms with Gasteiger partial charge in [0.15, 0.2) is 0 Å². The highest BCUT2D eigenvalue weighted by Crippen LogP contribution is 2.44. The molecule has 1 unspecified atom stereocenters. The Morgan fingerprint density at radius 1 is 0.889 bits per heavy atom. The smallest absolute Gasteiger partial charge is 0.407 e. The standard InChI is InChI=1S/C29H30N2O5/c1-19(2)31(17-20-10-4-3-5-11-20)28(34)26(16-27(32)33)30-29(35)36-18-25-23-14-8-6-12-21(23)22-13-7-9-15-24(22)25/h3-15,19,25-26H,16-18H2,1-2H3,(H,30,35)(H,32,33). The van der Waals surface area contributed by atoms with Crippen molar-refractivity contribution in [2.75, 3.05) is 6.61 Å². The maximum absolute atomic E-state index is 13.3. The van der Waals surface area contributed by atoms with Gasteiger partial charge in [0.05, 0.1) is 6.42 Å². The summed E-state index contributed by atoms with van der Waals surface area (Å²) < 4.78 is 5.55. The van der Waals surface area contributed by atoms with Crippen molar-refractivity contribution in [3.05, 3.63) is 95.6 Å². The SMILES string of the molecule is CC(C)N(Cc1ccccc1)C(=O)C(CC(=O)O)NC(=O)OCC1c2ccccc2-c2ccccc21. The molecule has 0 aliphatic heterocycles. The zero-order valence-electron chi connectivity index (χ0n) is 20.4. The van der Waals surface area contributed by atoms with Crippen LogP contribution in [0.15, 0.2) is 78.9 Å². The van der Waals surface area contributed by atoms with Crippen LogP contribution in [-0.4, -0.2) is 46.7 Å². The summed E-state index contributed by atoms with van der Waals surface area (Å²) in [6, 6.07) is 24.0. The number of hydrogen-bond acceptors (Lipinski definition) is 4. The molecule has 0 heterocycles. The minimum atomic E-state index is -1.25. The van der Waals surface area contributed by atoms with Crippen LogP contribution in [0.2, 0.25) is 0 Å². The lowest BCUT2D eigenvalue weighted by molar-refractivity contribution is -0.143. The number of carbonyl (C=O) groups excluding carboxylic acids is 2. The number of ether oxygens (including phenoxy) is 1. The second kappa shape index (κ2) is 11.1. The molecular formula is C29H30N2O5. The fraction of sp³-hybridized carbons (Fsp3) is 0.276. The first-order valence-corrected chi connectivity index (χ1v) is 12.0. The second-order valence-corrected chi connectivity index (χ2v) is 9.17. The Kier molecular flexibility index (Phi) is 7.68. The fourth-order valence-electron chi connectivity index (χ4n) is 4.65. The molecule has 7 nitrogen and oxygen atoms in total. The summed E-state index contributed by atoms with van der Waals surface area (Å²) in [5, 5.41) is 11.9. The van der Waals surface area contributed by atoms with Gasteiger partial charge in [-0.1, -0.05) is 78.9 Å². The maximum Gasteiger partial charge on any atom is 0.407 e. The number of carboxylic acid groups (broad SMARTS) is 1. The van der Waals surface area contributed by atoms with E-state index in [2.05, 4.69) is 5.32 Å². The van der Waals surface area contributed by atoms with E-state index >= 15 is 0 Å². The van der Waals surface area contributed by atoms with Crippen molar-refractivity contribution in [3.63, 3.8) is 0 Å². The molecule has 2 N–H and O–H groups in total. The van der Waals surface area contributed by atoms with Crippen LogP contribution in [0.25, 0.3) is 11.1 Å². The molecule has 186 valence electrons. The van der Waals surface area contributed by atoms with Crippen LogP contribution in [0.1, 0.15) is 42.9 Å². The van der Waals surface area contributed by atoms with E-state index in [0.29, 0.717) is 6.54 Å². The number of rotatable bonds is 9. The molecule has 1 atom stereocenters. The Morgan fingerprint density at radius 3 is 2.00 bits per heavy atom. The molecule has 0 aromatic heterocycles. The van der Waals surface area contributed by atoms with E-state index in [4.69, 9.17) is 4.74 Å². The van der Waals surface area contributed by atoms with E-state index < -0.39 is 30.4 Å². The summed E-state index contributed by atoms with van der Waals surface area (Å²) in [4.78, 5) is 39.2. The molecule has 3 aromatic rings. The molecule has 0 saturated heterocycles. The zero-order valence-corrected chi connectivity index (χ0v) is 20.4. The van der Waals surface area contributed by atoms with Crippen LogP contribution in [-0.2, 0) is 20.9 Å². The Labute approximate surface area is 210 Å². The minimum absolute atomic E-state index is 0.0752. The Balaban J connectivity index is 1.46. The first-order chi connectivity index (χ1) is 17.3. The van der Waals surface area contributed by atoms with Gasteiger partial charge in [-0.15, -0.1) is 0 Å². The summed E-state index contributed by atoms with van der Waals surface area (Å²) in [6.45, 7) is 4.09. The normalized spacial score (nSPS) is 13.0. The molecule has 0 fully saturated rings. The number of fused-ring (bicyclic) bond motifs is 3. The van der Waals surface area contributed by atoms with Gasteiger partial charge < -0.3 is 20.1 Å². The molecule has 4 rings (SSSR count). The van der Waals surface area contributed by atoms with Gasteiger partial charge >= 0.3 is 12.1 Å². The van der Waals surface area contributed by atoms with E-state index in [9.17, 15) is 19.5 Å². The summed E-state index contributed by atoms with van der Waals surface area (Å²) in [5.41, 5.74) is 5.26. The molecule has 0 bridgehead atoms. The molecule has 0 saturated carbocycles. The predicted molar refractivity (Wildman–Crippen MR) is 136 cm³/mol. The first kappa shape index (κ1) is 25.0. The van der Waals surface area contributed by atoms with Crippen molar-refractivity contribution in [1.29, 1.82) is 0 Å². The number of carboxylic acids is 1. The number of alkyl carbamates (subject to hydrolysis) is 1. The Morgan fingerprint density at radius 2 is 1.44 bits per heavy atom. The van der Waals surface area contributed by atoms with E-state index in [-0.39, 0.29) is 18.6 Å². The molecule has 2 amide bonds. The summed E-state index contributed by atoms with van der Waals surface area (Å²) in [7, 11) is 0. The van der Waals surface area contributed by atoms with E-state index in [1.54, 1.807) is 4.90 Å². The molecular weight excluding hydrogens is 456 g/mol. The number of carbonyl (C=O) groups is 3. The van der Waals surface area contributed by atoms with Gasteiger partial charge in [0.1, 0.15) is 12.6 Å². The lowest BCUT2D eigenvalue weighted by Gasteiger charge is -2.30. The van der Waals surface area contributed by atoms with Crippen molar-refractivity contribution >= 4 is 18.0 Å². The molecule has 0 spiro atoms. The average Bonchev–Trinajstić information content (AvgIpc) is 3.19. The minimum Gasteiger partial charge on any atom is -0.481 e. The van der Waals surface area contributed by atoms with E-state index in [1.807, 2.05) is 92.7 Å². The molecule has 1 aliphatic carbocycles. The summed E-state index contributed by atoms with van der Waals surface area (Å²) in [5.74, 6) is -1.79. The van der Waals surface area contributed by atoms with Crippen molar-refractivity contribution in [2.45, 2.75) is 44.8 Å². The van der Waals surface area contributed by atoms with Gasteiger partial charge in [0.25, 0.3) is 0 Å². The highest BCUT2D eigenvalue weighted by Gasteiger charge is 2.32. The van der Waals surface area contributed by atoms with Gasteiger partial charge in [0, 0.05) is 18.5 Å². The summed E-state index contributed by atoms with van der Waals surface area (Å²) in [6.07, 6.45) is -1.36. The van der Waals surface area contributed by atoms with Crippen molar-refractivity contribution in [3.8, 4) is 11.1 Å². The van der Waals surface area contributed by atoms with Crippen molar-refractivity contribution in [2.24, 2.45) is 0 Å². The van der Waals surface area contributed by atoms with Gasteiger partial charge in [-0.2, -0.15) is 0 Å². The molecule has 3 aromatic carbocycles. The largest absolute Gasteiger partial charge is 0.481 e. The third-order valence-corrected chi connectivity index (χ3v) is 6.41. The fourth-order valence-corrected chi connectivity index (χ4v) is 4.65. The molecule has 36 heavy (non-hydrogen) atoms. The van der Waals surface area contributed by atoms with Crippen LogP contribution in [0, 0.1) is 0 Å². The van der Waals surface area contributed by atoms with Crippen molar-refractivity contribution in [1.82, 2.24) is 10.2 Å². The third kappa shape index (κ3) is 5.57. The Hall–Kier alpha value is -4.13. The lowest BCUT2D eigenvalue weighted by Crippen LogP contribution is -2.51. The third-order valence-electron chi connectivity index (χ3n) is 6.41. The molecule has 7 heteroatoms. The molecule has 1 aliphatic rings. The van der Waals surface area contributed by atoms with Crippen LogP contribution in [0.3, 0.4) is 0 Å². The van der Waals surface area contributed by atoms with Crippen molar-refractivity contribution < 1.29 is 24.2 Å². The number of aliphatic carboxylic acids is 1. The van der Waals surface area contributed by atoms with Gasteiger partial charge in [-0.05, 0) is 41.7 Å². The molecule has 0 radical (unpaired) electrons. The topological polar surface area (TPSA) is 95.9 Å². The van der Waals surface area contributed by atoms with Crippen LogP contribution >= 0.6 is 0 Å². The van der Waals surface area contributed by atoms with Crippen LogP contribution < -0.4 is 5.32 Å². The van der Waals surface area contributed by atoms with E-state index in [0.717, 1.165) is 27.8 Å². The maximum atomic E-state index is 13.3. The van der Waals surface area contributed by atoms with Crippen LogP contribution in [0.4, 0.5) is 4.79 Å². The predicted octanol–water partition coefficient (Wildman–Crippen LogP) is 4.81. The van der Waals surface area contributed by atoms with Crippen LogP contribution in [0.5, 0.6) is 0 Å². The number of nitrogens with zero attached hydrogens (tertiary/aromatic N) is 1. The average molecular weight is 487 g/mol. The lowest BCUT2D eigenvalue weighted by atomic mass is 9.98. The number of nitrogens with one attached hydrogen (secondary N) is 1. The highest BCUT2D eigenvalue weighted by molar-refractivity contribution is 5.89. The second-order valence-electron chi connectivity index (χ2n) is 9.17. The summed E-state index contributed by atoms with van der Waals surface area (Å²) >= 11 is 0.